The van der Waals surface area contributed by atoms with E-state index in [-0.39, 0.29) is 5.91 Å². The molecule has 1 aromatic rings. The Morgan fingerprint density at radius 3 is 2.16 bits per heavy atom. The minimum absolute atomic E-state index is 0.105. The minimum Gasteiger partial charge on any atom is -0.480 e. The van der Waals surface area contributed by atoms with E-state index in [1.807, 2.05) is 30.3 Å². The molecule has 0 bridgehead atoms. The van der Waals surface area contributed by atoms with Crippen LogP contribution in [0.4, 0.5) is 0 Å². The van der Waals surface area contributed by atoms with E-state index >= 15 is 0 Å². The Balaban J connectivity index is 2.28. The van der Waals surface area contributed by atoms with Crippen molar-refractivity contribution >= 4 is 11.9 Å². The van der Waals surface area contributed by atoms with Gasteiger partial charge < -0.3 is 10.0 Å². The van der Waals surface area contributed by atoms with E-state index in [4.69, 9.17) is 0 Å². The summed E-state index contributed by atoms with van der Waals surface area (Å²) in [6, 6.07) is 9.60. The summed E-state index contributed by atoms with van der Waals surface area (Å²) in [7, 11) is 1.57. The summed E-state index contributed by atoms with van der Waals surface area (Å²) < 4.78 is 0. The van der Waals surface area contributed by atoms with Crippen LogP contribution in [-0.2, 0) is 15.0 Å². The lowest BCUT2D eigenvalue weighted by Crippen LogP contribution is -2.53. The Labute approximate surface area is 113 Å². The summed E-state index contributed by atoms with van der Waals surface area (Å²) in [6.45, 7) is 3.10. The number of nitrogens with zero attached hydrogens (tertiary/aromatic N) is 1. The largest absolute Gasteiger partial charge is 0.480 e. The van der Waals surface area contributed by atoms with Crippen LogP contribution in [0.1, 0.15) is 32.3 Å². The van der Waals surface area contributed by atoms with E-state index in [0.29, 0.717) is 0 Å². The van der Waals surface area contributed by atoms with E-state index in [9.17, 15) is 14.7 Å². The first kappa shape index (κ1) is 13.6. The molecule has 0 spiro atoms. The highest BCUT2D eigenvalue weighted by molar-refractivity contribution is 5.95. The van der Waals surface area contributed by atoms with Crippen LogP contribution in [-0.4, -0.2) is 34.5 Å². The quantitative estimate of drug-likeness (QED) is 0.902. The van der Waals surface area contributed by atoms with E-state index in [0.717, 1.165) is 18.4 Å². The van der Waals surface area contributed by atoms with Crippen molar-refractivity contribution in [2.45, 2.75) is 37.6 Å². The molecule has 0 aromatic heterocycles. The smallest absolute Gasteiger partial charge is 0.329 e. The molecule has 1 aliphatic rings. The minimum atomic E-state index is -1.19. The molecule has 19 heavy (non-hydrogen) atoms. The van der Waals surface area contributed by atoms with Gasteiger partial charge in [-0.2, -0.15) is 0 Å². The lowest BCUT2D eigenvalue weighted by Gasteiger charge is -2.34. The highest BCUT2D eigenvalue weighted by Gasteiger charge is 2.54. The number of likely N-dealkylation sites (N-methyl/N-ethyl adjacent to an activating group) is 1. The lowest BCUT2D eigenvalue weighted by molar-refractivity contribution is -0.156. The van der Waals surface area contributed by atoms with Crippen molar-refractivity contribution in [2.75, 3.05) is 7.05 Å². The van der Waals surface area contributed by atoms with Gasteiger partial charge in [-0.15, -0.1) is 0 Å². The van der Waals surface area contributed by atoms with Crippen molar-refractivity contribution in [3.05, 3.63) is 35.9 Å². The van der Waals surface area contributed by atoms with Crippen molar-refractivity contribution < 1.29 is 14.7 Å². The number of carboxylic acid groups (broad SMARTS) is 1. The van der Waals surface area contributed by atoms with Crippen molar-refractivity contribution in [1.82, 2.24) is 4.90 Å². The van der Waals surface area contributed by atoms with Crippen molar-refractivity contribution in [3.8, 4) is 0 Å². The first-order valence-electron chi connectivity index (χ1n) is 6.39. The van der Waals surface area contributed by atoms with Crippen LogP contribution in [0, 0.1) is 0 Å². The first-order valence-corrected chi connectivity index (χ1v) is 6.39. The van der Waals surface area contributed by atoms with Gasteiger partial charge in [-0.25, -0.2) is 4.79 Å². The van der Waals surface area contributed by atoms with E-state index in [2.05, 4.69) is 0 Å². The van der Waals surface area contributed by atoms with Gasteiger partial charge in [-0.05, 0) is 32.3 Å². The maximum Gasteiger partial charge on any atom is 0.329 e. The van der Waals surface area contributed by atoms with E-state index < -0.39 is 16.9 Å². The Morgan fingerprint density at radius 1 is 1.21 bits per heavy atom. The third-order valence-corrected chi connectivity index (χ3v) is 4.15. The molecule has 0 saturated heterocycles. The third kappa shape index (κ3) is 2.11. The fourth-order valence-corrected chi connectivity index (χ4v) is 2.23. The van der Waals surface area contributed by atoms with Crippen LogP contribution in [0.5, 0.6) is 0 Å². The standard InChI is InChI=1S/C15H19NO3/c1-14(2,13(18)19)16(3)12(17)15(9-10-15)11-7-5-4-6-8-11/h4-8H,9-10H2,1-3H3,(H,18,19). The van der Waals surface area contributed by atoms with Gasteiger partial charge in [-0.1, -0.05) is 30.3 Å². The number of hydrogen-bond acceptors (Lipinski definition) is 2. The first-order chi connectivity index (χ1) is 8.82. The normalized spacial score (nSPS) is 16.8. The van der Waals surface area contributed by atoms with Crippen LogP contribution in [0.15, 0.2) is 30.3 Å². The van der Waals surface area contributed by atoms with Gasteiger partial charge in [0.15, 0.2) is 0 Å². The second kappa shape index (κ2) is 4.37. The molecule has 0 unspecified atom stereocenters. The van der Waals surface area contributed by atoms with Crippen molar-refractivity contribution in [3.63, 3.8) is 0 Å². The Kier molecular flexibility index (Phi) is 3.12. The fraction of sp³-hybridized carbons (Fsp3) is 0.467. The third-order valence-electron chi connectivity index (χ3n) is 4.15. The van der Waals surface area contributed by atoms with Crippen LogP contribution < -0.4 is 0 Å². The number of carboxylic acids is 1. The number of aliphatic carboxylic acids is 1. The molecule has 1 N–H and O–H groups in total. The molecule has 102 valence electrons. The molecular weight excluding hydrogens is 242 g/mol. The molecule has 4 nitrogen and oxygen atoms in total. The second-order valence-electron chi connectivity index (χ2n) is 5.68. The molecule has 1 aromatic carbocycles. The number of amides is 1. The van der Waals surface area contributed by atoms with Gasteiger partial charge in [0.25, 0.3) is 0 Å². The van der Waals surface area contributed by atoms with Gasteiger partial charge in [0.05, 0.1) is 5.41 Å². The summed E-state index contributed by atoms with van der Waals surface area (Å²) in [6.07, 6.45) is 1.58. The highest BCUT2D eigenvalue weighted by Crippen LogP contribution is 2.50. The molecule has 0 heterocycles. The van der Waals surface area contributed by atoms with Crippen LogP contribution in [0.2, 0.25) is 0 Å². The molecule has 1 amide bonds. The summed E-state index contributed by atoms with van der Waals surface area (Å²) >= 11 is 0. The molecule has 4 heteroatoms. The van der Waals surface area contributed by atoms with Gasteiger partial charge >= 0.3 is 5.97 Å². The zero-order chi connectivity index (χ0) is 14.3. The maximum absolute atomic E-state index is 12.6. The molecule has 1 fully saturated rings. The molecule has 0 atom stereocenters. The number of hydrogen-bond donors (Lipinski definition) is 1. The number of carbonyl (C=O) groups is 2. The van der Waals surface area contributed by atoms with Gasteiger partial charge in [0.2, 0.25) is 5.91 Å². The Hall–Kier alpha value is -1.84. The average Bonchev–Trinajstić information content (AvgIpc) is 3.19. The Morgan fingerprint density at radius 2 is 1.74 bits per heavy atom. The Bertz CT molecular complexity index is 503. The van der Waals surface area contributed by atoms with Crippen molar-refractivity contribution in [2.24, 2.45) is 0 Å². The summed E-state index contributed by atoms with van der Waals surface area (Å²) in [5.41, 5.74) is -0.725. The molecular formula is C15H19NO3. The predicted octanol–water partition coefficient (Wildman–Crippen LogP) is 2.04. The van der Waals surface area contributed by atoms with E-state index in [1.165, 1.54) is 4.90 Å². The second-order valence-corrected chi connectivity index (χ2v) is 5.68. The molecule has 2 rings (SSSR count). The molecule has 1 aliphatic carbocycles. The molecule has 1 saturated carbocycles. The highest BCUT2D eigenvalue weighted by atomic mass is 16.4. The molecule has 0 radical (unpaired) electrons. The SMILES string of the molecule is CN(C(=O)C1(c2ccccc2)CC1)C(C)(C)C(=O)O. The number of rotatable bonds is 4. The lowest BCUT2D eigenvalue weighted by atomic mass is 9.92. The van der Waals surface area contributed by atoms with Crippen LogP contribution in [0.25, 0.3) is 0 Å². The van der Waals surface area contributed by atoms with E-state index in [1.54, 1.807) is 20.9 Å². The molecule has 0 aliphatic heterocycles. The van der Waals surface area contributed by atoms with Gasteiger partial charge in [0, 0.05) is 7.05 Å². The van der Waals surface area contributed by atoms with Crippen LogP contribution in [0.3, 0.4) is 0 Å². The zero-order valence-corrected chi connectivity index (χ0v) is 11.5. The summed E-state index contributed by atoms with van der Waals surface area (Å²) in [5.74, 6) is -1.10. The average molecular weight is 261 g/mol. The fourth-order valence-electron chi connectivity index (χ4n) is 2.23. The predicted molar refractivity (Wildman–Crippen MR) is 71.8 cm³/mol. The van der Waals surface area contributed by atoms with Gasteiger partial charge in [-0.3, -0.25) is 4.79 Å². The van der Waals surface area contributed by atoms with Crippen molar-refractivity contribution in [1.29, 1.82) is 0 Å². The monoisotopic (exact) mass is 261 g/mol. The summed E-state index contributed by atoms with van der Waals surface area (Å²) in [5, 5.41) is 9.22. The zero-order valence-electron chi connectivity index (χ0n) is 11.5. The van der Waals surface area contributed by atoms with Gasteiger partial charge in [0.1, 0.15) is 5.54 Å². The number of carbonyl (C=O) groups excluding carboxylic acids is 1. The topological polar surface area (TPSA) is 57.6 Å². The maximum atomic E-state index is 12.6. The summed E-state index contributed by atoms with van der Waals surface area (Å²) in [4.78, 5) is 25.3. The number of benzene rings is 1. The van der Waals surface area contributed by atoms with Crippen LogP contribution >= 0.6 is 0 Å².